The number of carbonyl (C=O) groups excluding carboxylic acids is 2. The van der Waals surface area contributed by atoms with Crippen LogP contribution in [0.3, 0.4) is 0 Å². The van der Waals surface area contributed by atoms with E-state index in [0.29, 0.717) is 48.1 Å². The van der Waals surface area contributed by atoms with Crippen LogP contribution in [0.15, 0.2) is 36.4 Å². The Morgan fingerprint density at radius 1 is 1.19 bits per heavy atom. The lowest BCUT2D eigenvalue weighted by Crippen LogP contribution is -2.37. The predicted octanol–water partition coefficient (Wildman–Crippen LogP) is 3.00. The summed E-state index contributed by atoms with van der Waals surface area (Å²) in [7, 11) is 2.92. The summed E-state index contributed by atoms with van der Waals surface area (Å²) in [5.41, 5.74) is 1.79. The van der Waals surface area contributed by atoms with E-state index in [1.165, 1.54) is 7.11 Å². The summed E-state index contributed by atoms with van der Waals surface area (Å²) in [4.78, 5) is 29.6. The number of fused-ring (bicyclic) bond motifs is 1. The summed E-state index contributed by atoms with van der Waals surface area (Å²) in [6.45, 7) is 4.73. The SMILES string of the molecule is COC(=O)c1cccc(-c2ccc(OC)c3nc(C4(C(=O)NCC(C)C)CC4)nn23)c1. The van der Waals surface area contributed by atoms with Crippen LogP contribution in [-0.4, -0.2) is 47.2 Å². The molecule has 0 saturated heterocycles. The molecular formula is C23H26N4O4. The second-order valence-corrected chi connectivity index (χ2v) is 8.22. The molecule has 1 N–H and O–H groups in total. The number of nitrogens with one attached hydrogen (secondary N) is 1. The van der Waals surface area contributed by atoms with Gasteiger partial charge in [-0.3, -0.25) is 4.79 Å². The maximum Gasteiger partial charge on any atom is 0.337 e. The van der Waals surface area contributed by atoms with Crippen molar-refractivity contribution in [2.45, 2.75) is 32.1 Å². The molecule has 1 aliphatic carbocycles. The van der Waals surface area contributed by atoms with E-state index in [-0.39, 0.29) is 5.91 Å². The standard InChI is InChI=1S/C23H26N4O4/c1-14(2)13-24-22(29)23(10-11-23)21-25-19-18(30-3)9-8-17(27(19)26-21)15-6-5-7-16(12-15)20(28)31-4/h5-9,12,14H,10-11,13H2,1-4H3,(H,24,29). The number of rotatable bonds is 7. The van der Waals surface area contributed by atoms with Crippen molar-refractivity contribution >= 4 is 17.5 Å². The minimum atomic E-state index is -0.697. The second-order valence-electron chi connectivity index (χ2n) is 8.22. The van der Waals surface area contributed by atoms with Gasteiger partial charge >= 0.3 is 5.97 Å². The van der Waals surface area contributed by atoms with Gasteiger partial charge < -0.3 is 14.8 Å². The van der Waals surface area contributed by atoms with Gasteiger partial charge in [-0.2, -0.15) is 0 Å². The Bertz CT molecular complexity index is 1150. The molecule has 1 fully saturated rings. The average molecular weight is 422 g/mol. The lowest BCUT2D eigenvalue weighted by atomic mass is 10.1. The lowest BCUT2D eigenvalue weighted by molar-refractivity contribution is -0.123. The Morgan fingerprint density at radius 2 is 1.97 bits per heavy atom. The largest absolute Gasteiger partial charge is 0.493 e. The van der Waals surface area contributed by atoms with Crippen LogP contribution >= 0.6 is 0 Å². The molecule has 2 aromatic heterocycles. The van der Waals surface area contributed by atoms with E-state index in [4.69, 9.17) is 19.6 Å². The number of aromatic nitrogens is 3. The van der Waals surface area contributed by atoms with Gasteiger partial charge in [0, 0.05) is 12.1 Å². The van der Waals surface area contributed by atoms with Crippen molar-refractivity contribution in [2.75, 3.05) is 20.8 Å². The third-order valence-electron chi connectivity index (χ3n) is 5.53. The number of pyridine rings is 1. The minimum absolute atomic E-state index is 0.0367. The number of hydrogen-bond acceptors (Lipinski definition) is 6. The highest BCUT2D eigenvalue weighted by Gasteiger charge is 2.54. The summed E-state index contributed by atoms with van der Waals surface area (Å²) in [6.07, 6.45) is 1.42. The van der Waals surface area contributed by atoms with Crippen molar-refractivity contribution in [2.24, 2.45) is 5.92 Å². The van der Waals surface area contributed by atoms with E-state index in [0.717, 1.165) is 11.3 Å². The normalized spacial score (nSPS) is 14.5. The van der Waals surface area contributed by atoms with Gasteiger partial charge in [-0.1, -0.05) is 26.0 Å². The van der Waals surface area contributed by atoms with E-state index in [2.05, 4.69) is 19.2 Å². The number of hydrogen-bond donors (Lipinski definition) is 1. The quantitative estimate of drug-likeness (QED) is 0.588. The van der Waals surface area contributed by atoms with Crippen molar-refractivity contribution < 1.29 is 19.1 Å². The summed E-state index contributed by atoms with van der Waals surface area (Å²) >= 11 is 0. The highest BCUT2D eigenvalue weighted by molar-refractivity contribution is 5.91. The molecule has 8 heteroatoms. The Hall–Kier alpha value is -3.42. The number of amides is 1. The fourth-order valence-electron chi connectivity index (χ4n) is 3.59. The van der Waals surface area contributed by atoms with Crippen molar-refractivity contribution in [3.05, 3.63) is 47.8 Å². The highest BCUT2D eigenvalue weighted by Crippen LogP contribution is 2.47. The van der Waals surface area contributed by atoms with Crippen molar-refractivity contribution in [3.8, 4) is 17.0 Å². The minimum Gasteiger partial charge on any atom is -0.493 e. The number of benzene rings is 1. The van der Waals surface area contributed by atoms with Crippen LogP contribution in [0, 0.1) is 5.92 Å². The molecule has 1 amide bonds. The molecular weight excluding hydrogens is 396 g/mol. The molecule has 8 nitrogen and oxygen atoms in total. The van der Waals surface area contributed by atoms with E-state index < -0.39 is 11.4 Å². The molecule has 4 rings (SSSR count). The maximum absolute atomic E-state index is 12.9. The molecule has 162 valence electrons. The molecule has 0 atom stereocenters. The van der Waals surface area contributed by atoms with Gasteiger partial charge in [-0.15, -0.1) is 5.10 Å². The summed E-state index contributed by atoms with van der Waals surface area (Å²) in [6, 6.07) is 10.8. The highest BCUT2D eigenvalue weighted by atomic mass is 16.5. The number of carbonyl (C=O) groups is 2. The Labute approximate surface area is 180 Å². The van der Waals surface area contributed by atoms with E-state index in [1.807, 2.05) is 18.2 Å². The molecule has 0 unspecified atom stereocenters. The van der Waals surface area contributed by atoms with Crippen LogP contribution in [0.4, 0.5) is 0 Å². The number of ether oxygens (including phenoxy) is 2. The first kappa shape index (κ1) is 20.8. The first-order valence-corrected chi connectivity index (χ1v) is 10.3. The number of nitrogens with zero attached hydrogens (tertiary/aromatic N) is 3. The molecule has 31 heavy (non-hydrogen) atoms. The molecule has 0 spiro atoms. The predicted molar refractivity (Wildman–Crippen MR) is 115 cm³/mol. The first-order chi connectivity index (χ1) is 14.9. The zero-order valence-electron chi connectivity index (χ0n) is 18.1. The van der Waals surface area contributed by atoms with Gasteiger partial charge in [-0.25, -0.2) is 14.3 Å². The monoisotopic (exact) mass is 422 g/mol. The lowest BCUT2D eigenvalue weighted by Gasteiger charge is -2.13. The Kier molecular flexibility index (Phi) is 5.39. The third-order valence-corrected chi connectivity index (χ3v) is 5.53. The zero-order valence-corrected chi connectivity index (χ0v) is 18.1. The van der Waals surface area contributed by atoms with E-state index in [1.54, 1.807) is 29.8 Å². The van der Waals surface area contributed by atoms with Crippen molar-refractivity contribution in [1.29, 1.82) is 0 Å². The summed E-state index contributed by atoms with van der Waals surface area (Å²) in [5, 5.41) is 7.74. The van der Waals surface area contributed by atoms with Crippen LogP contribution in [0.1, 0.15) is 42.9 Å². The fourth-order valence-corrected chi connectivity index (χ4v) is 3.59. The Morgan fingerprint density at radius 3 is 2.61 bits per heavy atom. The first-order valence-electron chi connectivity index (χ1n) is 10.3. The molecule has 2 heterocycles. The molecule has 3 aromatic rings. The Balaban J connectivity index is 1.79. The molecule has 1 aromatic carbocycles. The third kappa shape index (κ3) is 3.73. The van der Waals surface area contributed by atoms with Crippen LogP contribution in [-0.2, 0) is 14.9 Å². The molecule has 0 radical (unpaired) electrons. The molecule has 1 saturated carbocycles. The van der Waals surface area contributed by atoms with Crippen molar-refractivity contribution in [1.82, 2.24) is 19.9 Å². The molecule has 0 aliphatic heterocycles. The van der Waals surface area contributed by atoms with Gasteiger partial charge in [0.05, 0.1) is 25.5 Å². The van der Waals surface area contributed by atoms with Crippen LogP contribution in [0.25, 0.3) is 16.9 Å². The number of esters is 1. The fraction of sp³-hybridized carbons (Fsp3) is 0.391. The van der Waals surface area contributed by atoms with E-state index in [9.17, 15) is 9.59 Å². The average Bonchev–Trinajstić information content (AvgIpc) is 3.48. The van der Waals surface area contributed by atoms with Gasteiger partial charge in [0.1, 0.15) is 5.41 Å². The molecule has 1 aliphatic rings. The van der Waals surface area contributed by atoms with Gasteiger partial charge in [-0.05, 0) is 43.0 Å². The zero-order chi connectivity index (χ0) is 22.2. The summed E-state index contributed by atoms with van der Waals surface area (Å²) < 4.78 is 12.0. The second kappa shape index (κ2) is 8.02. The smallest absolute Gasteiger partial charge is 0.337 e. The van der Waals surface area contributed by atoms with Crippen LogP contribution < -0.4 is 10.1 Å². The van der Waals surface area contributed by atoms with Crippen LogP contribution in [0.2, 0.25) is 0 Å². The maximum atomic E-state index is 12.9. The van der Waals surface area contributed by atoms with Gasteiger partial charge in [0.15, 0.2) is 17.2 Å². The van der Waals surface area contributed by atoms with Crippen LogP contribution in [0.5, 0.6) is 5.75 Å². The van der Waals surface area contributed by atoms with Gasteiger partial charge in [0.2, 0.25) is 5.91 Å². The number of methoxy groups -OCH3 is 2. The summed E-state index contributed by atoms with van der Waals surface area (Å²) in [5.74, 6) is 0.964. The molecule has 0 bridgehead atoms. The van der Waals surface area contributed by atoms with E-state index >= 15 is 0 Å². The van der Waals surface area contributed by atoms with Crippen molar-refractivity contribution in [3.63, 3.8) is 0 Å². The topological polar surface area (TPSA) is 94.8 Å². The van der Waals surface area contributed by atoms with Gasteiger partial charge in [0.25, 0.3) is 0 Å².